The lowest BCUT2D eigenvalue weighted by atomic mass is 10.1. The van der Waals surface area contributed by atoms with E-state index in [1.807, 2.05) is 5.43 Å². The van der Waals surface area contributed by atoms with Gasteiger partial charge in [0, 0.05) is 23.6 Å². The third kappa shape index (κ3) is 4.04. The summed E-state index contributed by atoms with van der Waals surface area (Å²) in [5.74, 6) is -1.58. The zero-order valence-electron chi connectivity index (χ0n) is 12.8. The molecular formula is C15H12F6N4O. The number of para-hydroxylation sites is 1. The number of hydrogen-bond donors (Lipinski definition) is 3. The van der Waals surface area contributed by atoms with Crippen molar-refractivity contribution in [3.05, 3.63) is 60.4 Å². The first-order valence-corrected chi connectivity index (χ1v) is 7.01. The molecule has 0 radical (unpaired) electrons. The van der Waals surface area contributed by atoms with Crippen LogP contribution in [0.5, 0.6) is 0 Å². The molecule has 0 fully saturated rings. The molecule has 0 aliphatic carbocycles. The summed E-state index contributed by atoms with van der Waals surface area (Å²) < 4.78 is 80.4. The van der Waals surface area contributed by atoms with E-state index < -0.39 is 29.5 Å². The highest BCUT2D eigenvalue weighted by Gasteiger charge is 2.72. The van der Waals surface area contributed by atoms with Gasteiger partial charge in [0.15, 0.2) is 0 Å². The van der Waals surface area contributed by atoms with Crippen molar-refractivity contribution in [3.63, 3.8) is 0 Å². The normalized spacial score (nSPS) is 12.5. The van der Waals surface area contributed by atoms with Gasteiger partial charge in [-0.25, -0.2) is 0 Å². The molecule has 1 heterocycles. The standard InChI is InChI=1S/C15H12F6N4O/c16-14(17,18)13(15(19,20)21,25-24-11-4-2-1-3-5-11)23-12(26)10-6-8-22-9-7-10/h1-9,24-25H,(H,23,26). The largest absolute Gasteiger partial charge is 0.436 e. The summed E-state index contributed by atoms with van der Waals surface area (Å²) in [5.41, 5.74) is -2.19. The summed E-state index contributed by atoms with van der Waals surface area (Å²) in [6, 6.07) is 8.79. The highest BCUT2D eigenvalue weighted by Crippen LogP contribution is 2.41. The SMILES string of the molecule is O=C(NC(NNc1ccccc1)(C(F)(F)F)C(F)(F)F)c1ccncc1. The van der Waals surface area contributed by atoms with Crippen LogP contribution in [0.1, 0.15) is 10.4 Å². The van der Waals surface area contributed by atoms with E-state index in [0.717, 1.165) is 29.8 Å². The minimum absolute atomic E-state index is 0.0662. The van der Waals surface area contributed by atoms with Crippen molar-refractivity contribution in [2.24, 2.45) is 0 Å². The molecule has 0 spiro atoms. The summed E-state index contributed by atoms with van der Waals surface area (Å²) in [7, 11) is 0. The number of rotatable bonds is 5. The van der Waals surface area contributed by atoms with Gasteiger partial charge >= 0.3 is 18.0 Å². The van der Waals surface area contributed by atoms with Gasteiger partial charge in [-0.15, -0.1) is 0 Å². The third-order valence-corrected chi connectivity index (χ3v) is 3.26. The Morgan fingerprint density at radius 3 is 1.88 bits per heavy atom. The number of carbonyl (C=O) groups is 1. The Kier molecular flexibility index (Phi) is 5.40. The van der Waals surface area contributed by atoms with E-state index >= 15 is 0 Å². The van der Waals surface area contributed by atoms with Crippen LogP contribution in [0.2, 0.25) is 0 Å². The molecule has 26 heavy (non-hydrogen) atoms. The predicted octanol–water partition coefficient (Wildman–Crippen LogP) is 3.25. The van der Waals surface area contributed by atoms with Gasteiger partial charge in [0.05, 0.1) is 0 Å². The van der Waals surface area contributed by atoms with E-state index in [-0.39, 0.29) is 5.69 Å². The summed E-state index contributed by atoms with van der Waals surface area (Å²) in [4.78, 5) is 15.5. The number of nitrogens with zero attached hydrogens (tertiary/aromatic N) is 1. The molecule has 140 valence electrons. The molecule has 2 rings (SSSR count). The second kappa shape index (κ2) is 7.20. The molecule has 0 saturated heterocycles. The Balaban J connectivity index is 2.38. The number of carbonyl (C=O) groups excluding carboxylic acids is 1. The smallest absolute Gasteiger partial charge is 0.319 e. The molecule has 0 aliphatic heterocycles. The average molecular weight is 378 g/mol. The fraction of sp³-hybridized carbons (Fsp3) is 0.200. The number of benzene rings is 1. The molecule has 1 aromatic heterocycles. The predicted molar refractivity (Wildman–Crippen MR) is 79.7 cm³/mol. The van der Waals surface area contributed by atoms with Gasteiger partial charge in [-0.3, -0.25) is 9.78 Å². The van der Waals surface area contributed by atoms with E-state index in [9.17, 15) is 31.1 Å². The Morgan fingerprint density at radius 2 is 1.38 bits per heavy atom. The van der Waals surface area contributed by atoms with Crippen LogP contribution in [0.15, 0.2) is 54.9 Å². The van der Waals surface area contributed by atoms with Crippen LogP contribution in [0, 0.1) is 0 Å². The van der Waals surface area contributed by atoms with Crippen molar-refractivity contribution in [2.45, 2.75) is 18.0 Å². The van der Waals surface area contributed by atoms with E-state index in [0.29, 0.717) is 0 Å². The zero-order valence-corrected chi connectivity index (χ0v) is 12.8. The van der Waals surface area contributed by atoms with Crippen LogP contribution in [0.25, 0.3) is 0 Å². The summed E-state index contributed by atoms with van der Waals surface area (Å²) in [6.07, 6.45) is -9.69. The fourth-order valence-corrected chi connectivity index (χ4v) is 1.91. The maximum absolute atomic E-state index is 13.4. The highest BCUT2D eigenvalue weighted by molar-refractivity contribution is 5.94. The highest BCUT2D eigenvalue weighted by atomic mass is 19.4. The van der Waals surface area contributed by atoms with Gasteiger partial charge in [-0.2, -0.15) is 31.8 Å². The molecule has 0 bridgehead atoms. The number of nitrogens with one attached hydrogen (secondary N) is 3. The molecule has 5 nitrogen and oxygen atoms in total. The molecule has 2 aromatic rings. The van der Waals surface area contributed by atoms with Crippen LogP contribution < -0.4 is 16.2 Å². The summed E-state index contributed by atoms with van der Waals surface area (Å²) in [6.45, 7) is 0. The van der Waals surface area contributed by atoms with Crippen molar-refractivity contribution >= 4 is 11.6 Å². The lowest BCUT2D eigenvalue weighted by molar-refractivity contribution is -0.312. The van der Waals surface area contributed by atoms with E-state index in [1.54, 1.807) is 0 Å². The first-order chi connectivity index (χ1) is 12.1. The molecular weight excluding hydrogens is 366 g/mol. The minimum Gasteiger partial charge on any atom is -0.319 e. The fourth-order valence-electron chi connectivity index (χ4n) is 1.91. The Morgan fingerprint density at radius 1 is 0.846 bits per heavy atom. The van der Waals surface area contributed by atoms with Gasteiger partial charge < -0.3 is 10.7 Å². The van der Waals surface area contributed by atoms with Crippen molar-refractivity contribution in [1.29, 1.82) is 0 Å². The van der Waals surface area contributed by atoms with Crippen molar-refractivity contribution in [3.8, 4) is 0 Å². The molecule has 0 aliphatic rings. The number of halogens is 6. The second-order valence-corrected chi connectivity index (χ2v) is 5.05. The number of pyridine rings is 1. The zero-order chi connectivity index (χ0) is 19.4. The van der Waals surface area contributed by atoms with Gasteiger partial charge in [-0.1, -0.05) is 18.2 Å². The maximum Gasteiger partial charge on any atom is 0.436 e. The van der Waals surface area contributed by atoms with Crippen LogP contribution in [0.4, 0.5) is 32.0 Å². The lowest BCUT2D eigenvalue weighted by Crippen LogP contribution is -2.76. The first kappa shape index (κ1) is 19.5. The topological polar surface area (TPSA) is 66.1 Å². The number of anilines is 1. The monoisotopic (exact) mass is 378 g/mol. The van der Waals surface area contributed by atoms with Gasteiger partial charge in [0.25, 0.3) is 5.91 Å². The molecule has 1 amide bonds. The van der Waals surface area contributed by atoms with Gasteiger partial charge in [0.1, 0.15) is 0 Å². The summed E-state index contributed by atoms with van der Waals surface area (Å²) >= 11 is 0. The lowest BCUT2D eigenvalue weighted by Gasteiger charge is -2.38. The minimum atomic E-state index is -5.91. The van der Waals surface area contributed by atoms with E-state index in [1.165, 1.54) is 35.8 Å². The van der Waals surface area contributed by atoms with Crippen LogP contribution in [0.3, 0.4) is 0 Å². The molecule has 0 unspecified atom stereocenters. The van der Waals surface area contributed by atoms with E-state index in [2.05, 4.69) is 4.98 Å². The number of hydrogen-bond acceptors (Lipinski definition) is 4. The molecule has 0 saturated carbocycles. The van der Waals surface area contributed by atoms with Crippen molar-refractivity contribution in [1.82, 2.24) is 15.7 Å². The number of aromatic nitrogens is 1. The molecule has 1 aromatic carbocycles. The third-order valence-electron chi connectivity index (χ3n) is 3.26. The van der Waals surface area contributed by atoms with Gasteiger partial charge in [-0.05, 0) is 24.3 Å². The van der Waals surface area contributed by atoms with Crippen LogP contribution in [-0.4, -0.2) is 28.9 Å². The Hall–Kier alpha value is -2.82. The average Bonchev–Trinajstić information content (AvgIpc) is 2.58. The number of hydrazine groups is 1. The number of amides is 1. The second-order valence-electron chi connectivity index (χ2n) is 5.05. The Labute approximate surface area is 143 Å². The Bertz CT molecular complexity index is 719. The van der Waals surface area contributed by atoms with Crippen LogP contribution >= 0.6 is 0 Å². The van der Waals surface area contributed by atoms with Gasteiger partial charge in [0.2, 0.25) is 0 Å². The quantitative estimate of drug-likeness (QED) is 0.425. The van der Waals surface area contributed by atoms with Crippen molar-refractivity contribution in [2.75, 3.05) is 5.43 Å². The van der Waals surface area contributed by atoms with Crippen LogP contribution in [-0.2, 0) is 0 Å². The summed E-state index contributed by atoms with van der Waals surface area (Å²) in [5, 5.41) is 1.01. The maximum atomic E-state index is 13.4. The first-order valence-electron chi connectivity index (χ1n) is 7.01. The van der Waals surface area contributed by atoms with E-state index in [4.69, 9.17) is 0 Å². The molecule has 11 heteroatoms. The van der Waals surface area contributed by atoms with Crippen molar-refractivity contribution < 1.29 is 31.1 Å². The molecule has 0 atom stereocenters. The number of alkyl halides is 6. The molecule has 3 N–H and O–H groups in total.